The largest absolute Gasteiger partial charge is 0.332 e. The molecule has 30 heavy (non-hydrogen) atoms. The van der Waals surface area contributed by atoms with Gasteiger partial charge in [-0.05, 0) is 11.1 Å². The Morgan fingerprint density at radius 3 is 1.83 bits per heavy atom. The Kier molecular flexibility index (Phi) is 7.32. The standard InChI is InChI=1S/C23H28N4O3/c1-18(28)27(13-12-24)23(30)22(29)26-16-14-25(15-17-26)21(19-8-4-2-5-9-19)20-10-6-3-7-11-20/h2-11,21H,12-17,24H2,1H3. The summed E-state index contributed by atoms with van der Waals surface area (Å²) in [6.45, 7) is 3.55. The van der Waals surface area contributed by atoms with E-state index in [0.717, 1.165) is 4.90 Å². The molecule has 0 unspecified atom stereocenters. The van der Waals surface area contributed by atoms with Crippen LogP contribution < -0.4 is 5.73 Å². The van der Waals surface area contributed by atoms with E-state index in [2.05, 4.69) is 29.2 Å². The molecule has 2 aromatic carbocycles. The number of piperazine rings is 1. The minimum atomic E-state index is -0.802. The van der Waals surface area contributed by atoms with E-state index >= 15 is 0 Å². The number of carbonyl (C=O) groups is 3. The van der Waals surface area contributed by atoms with Gasteiger partial charge < -0.3 is 10.6 Å². The fraction of sp³-hybridized carbons (Fsp3) is 0.348. The van der Waals surface area contributed by atoms with Crippen LogP contribution in [0.5, 0.6) is 0 Å². The van der Waals surface area contributed by atoms with Crippen LogP contribution in [0.15, 0.2) is 60.7 Å². The van der Waals surface area contributed by atoms with Crippen molar-refractivity contribution in [2.75, 3.05) is 39.3 Å². The summed E-state index contributed by atoms with van der Waals surface area (Å²) in [5.74, 6) is -1.91. The number of hydrogen-bond acceptors (Lipinski definition) is 5. The minimum Gasteiger partial charge on any atom is -0.332 e. The molecule has 0 atom stereocenters. The van der Waals surface area contributed by atoms with E-state index in [4.69, 9.17) is 5.73 Å². The highest BCUT2D eigenvalue weighted by Gasteiger charge is 2.33. The maximum Gasteiger partial charge on any atom is 0.318 e. The van der Waals surface area contributed by atoms with E-state index in [9.17, 15) is 14.4 Å². The zero-order valence-corrected chi connectivity index (χ0v) is 17.2. The van der Waals surface area contributed by atoms with Gasteiger partial charge >= 0.3 is 11.8 Å². The Balaban J connectivity index is 1.72. The molecule has 158 valence electrons. The highest BCUT2D eigenvalue weighted by atomic mass is 16.2. The summed E-state index contributed by atoms with van der Waals surface area (Å²) in [5.41, 5.74) is 7.84. The van der Waals surface area contributed by atoms with E-state index in [1.165, 1.54) is 23.0 Å². The Labute approximate surface area is 177 Å². The number of imide groups is 1. The van der Waals surface area contributed by atoms with E-state index < -0.39 is 17.7 Å². The van der Waals surface area contributed by atoms with E-state index in [1.807, 2.05) is 36.4 Å². The van der Waals surface area contributed by atoms with Crippen LogP contribution in [0.2, 0.25) is 0 Å². The van der Waals surface area contributed by atoms with Gasteiger partial charge in [-0.15, -0.1) is 0 Å². The van der Waals surface area contributed by atoms with Crippen molar-refractivity contribution in [2.24, 2.45) is 5.73 Å². The molecule has 0 radical (unpaired) electrons. The summed E-state index contributed by atoms with van der Waals surface area (Å²) in [5, 5.41) is 0. The molecule has 0 bridgehead atoms. The number of nitrogens with two attached hydrogens (primary N) is 1. The van der Waals surface area contributed by atoms with Crippen LogP contribution in [0.4, 0.5) is 0 Å². The molecule has 0 saturated carbocycles. The second-order valence-electron chi connectivity index (χ2n) is 7.32. The van der Waals surface area contributed by atoms with Crippen molar-refractivity contribution in [1.29, 1.82) is 0 Å². The van der Waals surface area contributed by atoms with Crippen molar-refractivity contribution in [3.8, 4) is 0 Å². The Morgan fingerprint density at radius 1 is 0.900 bits per heavy atom. The van der Waals surface area contributed by atoms with Gasteiger partial charge in [0.25, 0.3) is 0 Å². The average molecular weight is 409 g/mol. The molecule has 1 fully saturated rings. The van der Waals surface area contributed by atoms with Gasteiger partial charge in [0.05, 0.1) is 6.04 Å². The van der Waals surface area contributed by atoms with Crippen LogP contribution in [0.3, 0.4) is 0 Å². The third-order valence-corrected chi connectivity index (χ3v) is 5.36. The maximum atomic E-state index is 12.7. The Morgan fingerprint density at radius 2 is 1.40 bits per heavy atom. The summed E-state index contributed by atoms with van der Waals surface area (Å²) in [4.78, 5) is 41.6. The van der Waals surface area contributed by atoms with Crippen LogP contribution >= 0.6 is 0 Å². The van der Waals surface area contributed by atoms with Crippen molar-refractivity contribution < 1.29 is 14.4 Å². The zero-order valence-electron chi connectivity index (χ0n) is 17.2. The lowest BCUT2D eigenvalue weighted by Gasteiger charge is -2.39. The first-order valence-corrected chi connectivity index (χ1v) is 10.2. The van der Waals surface area contributed by atoms with Gasteiger partial charge in [-0.25, -0.2) is 0 Å². The molecule has 0 aliphatic carbocycles. The molecule has 3 amide bonds. The predicted molar refractivity (Wildman–Crippen MR) is 114 cm³/mol. The van der Waals surface area contributed by atoms with Crippen molar-refractivity contribution in [3.63, 3.8) is 0 Å². The van der Waals surface area contributed by atoms with Gasteiger partial charge in [0.15, 0.2) is 0 Å². The topological polar surface area (TPSA) is 86.9 Å². The van der Waals surface area contributed by atoms with Gasteiger partial charge in [0.1, 0.15) is 0 Å². The molecule has 3 rings (SSSR count). The van der Waals surface area contributed by atoms with Gasteiger partial charge in [-0.3, -0.25) is 24.2 Å². The zero-order chi connectivity index (χ0) is 21.5. The lowest BCUT2D eigenvalue weighted by atomic mass is 9.96. The molecule has 1 aliphatic rings. The van der Waals surface area contributed by atoms with Crippen LogP contribution in [0.1, 0.15) is 24.1 Å². The summed E-state index contributed by atoms with van der Waals surface area (Å²) in [6.07, 6.45) is 0. The quantitative estimate of drug-likeness (QED) is 0.753. The lowest BCUT2D eigenvalue weighted by molar-refractivity contribution is -0.157. The van der Waals surface area contributed by atoms with Gasteiger partial charge in [-0.2, -0.15) is 0 Å². The highest BCUT2D eigenvalue weighted by molar-refractivity contribution is 6.37. The molecule has 7 nitrogen and oxygen atoms in total. The average Bonchev–Trinajstić information content (AvgIpc) is 2.78. The fourth-order valence-electron chi connectivity index (χ4n) is 3.85. The summed E-state index contributed by atoms with van der Waals surface area (Å²) >= 11 is 0. The van der Waals surface area contributed by atoms with E-state index in [0.29, 0.717) is 26.2 Å². The summed E-state index contributed by atoms with van der Waals surface area (Å²) in [7, 11) is 0. The number of amides is 3. The monoisotopic (exact) mass is 408 g/mol. The number of nitrogens with zero attached hydrogens (tertiary/aromatic N) is 3. The molecular formula is C23H28N4O3. The second-order valence-corrected chi connectivity index (χ2v) is 7.32. The number of hydrogen-bond donors (Lipinski definition) is 1. The number of benzene rings is 2. The molecule has 1 saturated heterocycles. The maximum absolute atomic E-state index is 12.7. The van der Waals surface area contributed by atoms with Crippen molar-refractivity contribution in [2.45, 2.75) is 13.0 Å². The van der Waals surface area contributed by atoms with E-state index in [1.54, 1.807) is 0 Å². The van der Waals surface area contributed by atoms with Crippen LogP contribution in [-0.4, -0.2) is 71.7 Å². The third kappa shape index (κ3) is 4.93. The molecule has 2 N–H and O–H groups in total. The molecule has 0 aromatic heterocycles. The van der Waals surface area contributed by atoms with Gasteiger partial charge in [-0.1, -0.05) is 60.7 Å². The van der Waals surface area contributed by atoms with Crippen molar-refractivity contribution in [3.05, 3.63) is 71.8 Å². The number of rotatable bonds is 5. The number of carbonyl (C=O) groups excluding carboxylic acids is 3. The molecule has 1 aliphatic heterocycles. The SMILES string of the molecule is CC(=O)N(CCN)C(=O)C(=O)N1CCN(C(c2ccccc2)c2ccccc2)CC1. The summed E-state index contributed by atoms with van der Waals surface area (Å²) < 4.78 is 0. The van der Waals surface area contributed by atoms with Crippen LogP contribution in [0, 0.1) is 0 Å². The highest BCUT2D eigenvalue weighted by Crippen LogP contribution is 2.29. The minimum absolute atomic E-state index is 0.0456. The first-order chi connectivity index (χ1) is 14.5. The predicted octanol–water partition coefficient (Wildman–Crippen LogP) is 1.25. The van der Waals surface area contributed by atoms with Gasteiger partial charge in [0.2, 0.25) is 5.91 Å². The normalized spacial score (nSPS) is 14.6. The molecule has 2 aromatic rings. The summed E-state index contributed by atoms with van der Waals surface area (Å²) in [6, 6.07) is 20.6. The Bertz CT molecular complexity index is 825. The first kappa shape index (κ1) is 21.7. The van der Waals surface area contributed by atoms with E-state index in [-0.39, 0.29) is 19.1 Å². The second kappa shape index (κ2) is 10.1. The molecular weight excluding hydrogens is 380 g/mol. The molecule has 7 heteroatoms. The Hall–Kier alpha value is -3.03. The third-order valence-electron chi connectivity index (χ3n) is 5.36. The van der Waals surface area contributed by atoms with Crippen LogP contribution in [-0.2, 0) is 14.4 Å². The molecule has 1 heterocycles. The molecule has 0 spiro atoms. The van der Waals surface area contributed by atoms with Crippen molar-refractivity contribution in [1.82, 2.24) is 14.7 Å². The van der Waals surface area contributed by atoms with Crippen LogP contribution in [0.25, 0.3) is 0 Å². The first-order valence-electron chi connectivity index (χ1n) is 10.2. The van der Waals surface area contributed by atoms with Crippen molar-refractivity contribution >= 4 is 17.7 Å². The smallest absolute Gasteiger partial charge is 0.318 e. The fourth-order valence-corrected chi connectivity index (χ4v) is 3.85. The lowest BCUT2D eigenvalue weighted by Crippen LogP contribution is -2.55. The van der Waals surface area contributed by atoms with Gasteiger partial charge in [0, 0.05) is 46.2 Å².